The Morgan fingerprint density at radius 2 is 1.76 bits per heavy atom. The molecule has 9 heteroatoms. The fourth-order valence-corrected chi connectivity index (χ4v) is 6.51. The first-order chi connectivity index (χ1) is 21.0. The molecule has 248 valence electrons. The van der Waals surface area contributed by atoms with Crippen molar-refractivity contribution in [2.45, 2.75) is 104 Å². The number of rotatable bonds is 4. The van der Waals surface area contributed by atoms with E-state index in [1.54, 1.807) is 20.8 Å². The molecule has 3 rings (SSSR count). The molecule has 0 aliphatic carbocycles. The second kappa shape index (κ2) is 14.5. The van der Waals surface area contributed by atoms with E-state index in [9.17, 15) is 19.5 Å². The molecular weight excluding hydrogens is 577 g/mol. The van der Waals surface area contributed by atoms with Gasteiger partial charge in [0.1, 0.15) is 17.8 Å². The Labute approximate surface area is 267 Å². The minimum atomic E-state index is -2.95. The van der Waals surface area contributed by atoms with Crippen molar-refractivity contribution in [3.8, 4) is 0 Å². The number of Topliss-reactive ketones (excluding diaryl/α,β-unsaturated/α-hetero) is 1. The van der Waals surface area contributed by atoms with E-state index in [0.29, 0.717) is 17.7 Å². The van der Waals surface area contributed by atoms with Crippen LogP contribution in [0.25, 0.3) is 6.08 Å². The number of carbonyl (C=O) groups excluding carboxylic acids is 3. The lowest BCUT2D eigenvalue weighted by molar-refractivity contribution is -0.191. The number of nitrogens with one attached hydrogen (secondary N) is 1. The molecule has 2 aliphatic rings. The highest BCUT2D eigenvalue weighted by Gasteiger charge is 2.53. The van der Waals surface area contributed by atoms with Crippen LogP contribution in [0.4, 0.5) is 4.39 Å². The van der Waals surface area contributed by atoms with Crippen LogP contribution in [0.2, 0.25) is 0 Å². The van der Waals surface area contributed by atoms with Crippen LogP contribution >= 0.6 is 0 Å². The summed E-state index contributed by atoms with van der Waals surface area (Å²) in [6, 6.07) is 9.80. The first kappa shape index (κ1) is 36.3. The van der Waals surface area contributed by atoms with Crippen molar-refractivity contribution in [1.29, 1.82) is 0 Å². The summed E-state index contributed by atoms with van der Waals surface area (Å²) >= 11 is 0. The van der Waals surface area contributed by atoms with Gasteiger partial charge in [0.15, 0.2) is 5.78 Å². The Kier molecular flexibility index (Phi) is 11.7. The number of cyclic esters (lactones) is 1. The summed E-state index contributed by atoms with van der Waals surface area (Å²) in [4.78, 5) is 39.4. The maximum absolute atomic E-state index is 16.1. The topological polar surface area (TPSA) is 111 Å². The number of ether oxygens (including phenoxy) is 3. The molecule has 45 heavy (non-hydrogen) atoms. The third-order valence-electron chi connectivity index (χ3n) is 9.55. The monoisotopic (exact) mass is 627 g/mol. The Bertz CT molecular complexity index is 1330. The summed E-state index contributed by atoms with van der Waals surface area (Å²) < 4.78 is 34.8. The number of aliphatic hydroxyl groups is 1. The predicted molar refractivity (Wildman–Crippen MR) is 172 cm³/mol. The summed E-state index contributed by atoms with van der Waals surface area (Å²) in [5.74, 6) is -4.43. The molecule has 2 aliphatic heterocycles. The molecule has 2 N–H and O–H groups in total. The van der Waals surface area contributed by atoms with E-state index < -0.39 is 52.7 Å². The van der Waals surface area contributed by atoms with Crippen molar-refractivity contribution in [2.24, 2.45) is 17.8 Å². The molecule has 1 aromatic rings. The molecule has 0 saturated carbocycles. The fraction of sp³-hybridized carbons (Fsp3) is 0.583. The number of hydrogen-bond acceptors (Lipinski definition) is 7. The Hall–Kier alpha value is -3.14. The molecule has 2 heterocycles. The second-order valence-electron chi connectivity index (χ2n) is 13.2. The van der Waals surface area contributed by atoms with Crippen molar-refractivity contribution in [3.05, 3.63) is 64.9 Å². The highest BCUT2D eigenvalue weighted by molar-refractivity contribution is 6.07. The third-order valence-corrected chi connectivity index (χ3v) is 9.55. The van der Waals surface area contributed by atoms with Crippen LogP contribution in [0, 0.1) is 17.8 Å². The number of carbonyl (C=O) groups is 3. The highest BCUT2D eigenvalue weighted by atomic mass is 19.1. The van der Waals surface area contributed by atoms with Gasteiger partial charge in [-0.2, -0.15) is 0 Å². The van der Waals surface area contributed by atoms with Crippen LogP contribution in [0.1, 0.15) is 80.7 Å². The molecule has 8 nitrogen and oxygen atoms in total. The Morgan fingerprint density at radius 1 is 1.11 bits per heavy atom. The largest absolute Gasteiger partial charge is 0.457 e. The number of hydrogen-bond donors (Lipinski definition) is 2. The van der Waals surface area contributed by atoms with E-state index in [1.165, 1.54) is 13.8 Å². The van der Waals surface area contributed by atoms with Crippen LogP contribution in [-0.4, -0.2) is 65.1 Å². The van der Waals surface area contributed by atoms with Gasteiger partial charge in [0.25, 0.3) is 5.67 Å². The van der Waals surface area contributed by atoms with Gasteiger partial charge < -0.3 is 24.6 Å². The third kappa shape index (κ3) is 8.18. The second-order valence-corrected chi connectivity index (χ2v) is 13.2. The molecule has 0 radical (unpaired) electrons. The molecule has 0 aromatic heterocycles. The van der Waals surface area contributed by atoms with E-state index in [1.807, 2.05) is 69.3 Å². The highest BCUT2D eigenvalue weighted by Crippen LogP contribution is 2.41. The van der Waals surface area contributed by atoms with Crippen LogP contribution in [-0.2, 0) is 28.6 Å². The number of esters is 1. The van der Waals surface area contributed by atoms with Crippen molar-refractivity contribution in [1.82, 2.24) is 5.32 Å². The number of ketones is 1. The lowest BCUT2D eigenvalue weighted by Crippen LogP contribution is -2.56. The number of fused-ring (bicyclic) bond motifs is 4. The van der Waals surface area contributed by atoms with Gasteiger partial charge in [-0.05, 0) is 69.1 Å². The average Bonchev–Trinajstić information content (AvgIpc) is 3.00. The molecular formula is C36H50FNO7. The minimum Gasteiger partial charge on any atom is -0.457 e. The molecule has 0 unspecified atom stereocenters. The quantitative estimate of drug-likeness (QED) is 0.316. The van der Waals surface area contributed by atoms with Gasteiger partial charge in [0, 0.05) is 18.5 Å². The standard InChI is InChI=1S/C36H50FNO7/c1-10-29-36(9,42)32-24(4)30(38-26(6)39)22(2)19-34(7,25(5)23(3)31(40)35(8,37)33(41)45-29)44-21-28(20-43-32)18-14-17-27-15-12-11-13-16-27/h11-18,22-23,25,29,32,42H,10,19-21H2,1-9H3,(H,38,39)/t22-,23-,25-,29-,32-,34-,35+,36-/m1/s1. The molecule has 0 spiro atoms. The summed E-state index contributed by atoms with van der Waals surface area (Å²) in [5, 5.41) is 15.1. The maximum Gasteiger partial charge on any atom is 0.351 e. The SMILES string of the molecule is CC[C@H]1OC(=O)[C@@](C)(F)C(=O)[C@H](C)[C@@H](C)[C@@]2(C)C[C@@H](C)C(NC(C)=O)=C(C)[C@@H](OCC(=CC=Cc3ccccc3)CO2)[C@]1(C)O. The molecule has 8 atom stereocenters. The minimum absolute atomic E-state index is 0.0309. The molecule has 0 saturated heterocycles. The van der Waals surface area contributed by atoms with Crippen molar-refractivity contribution >= 4 is 23.7 Å². The Morgan fingerprint density at radius 3 is 2.36 bits per heavy atom. The zero-order valence-corrected chi connectivity index (χ0v) is 28.1. The molecule has 1 amide bonds. The van der Waals surface area contributed by atoms with Crippen molar-refractivity contribution < 1.29 is 38.1 Å². The first-order valence-electron chi connectivity index (χ1n) is 15.8. The van der Waals surface area contributed by atoms with Crippen LogP contribution in [0.5, 0.6) is 0 Å². The van der Waals surface area contributed by atoms with Gasteiger partial charge in [0.2, 0.25) is 5.91 Å². The van der Waals surface area contributed by atoms with Gasteiger partial charge in [-0.3, -0.25) is 9.59 Å². The lowest BCUT2D eigenvalue weighted by atomic mass is 9.72. The number of benzene rings is 1. The van der Waals surface area contributed by atoms with Gasteiger partial charge in [-0.1, -0.05) is 76.3 Å². The molecule has 1 aromatic carbocycles. The van der Waals surface area contributed by atoms with E-state index in [4.69, 9.17) is 14.2 Å². The number of amides is 1. The summed E-state index contributed by atoms with van der Waals surface area (Å²) in [6.45, 7) is 14.6. The van der Waals surface area contributed by atoms with E-state index >= 15 is 4.39 Å². The predicted octanol–water partition coefficient (Wildman–Crippen LogP) is 5.89. The summed E-state index contributed by atoms with van der Waals surface area (Å²) in [6.07, 6.45) is 3.85. The summed E-state index contributed by atoms with van der Waals surface area (Å²) in [5.41, 5.74) is -3.02. The maximum atomic E-state index is 16.1. The van der Waals surface area contributed by atoms with Crippen LogP contribution in [0.15, 0.2) is 59.3 Å². The number of allylic oxidation sites excluding steroid dienone is 3. The van der Waals surface area contributed by atoms with Gasteiger partial charge in [0.05, 0.1) is 18.8 Å². The number of alkyl halides is 1. The zero-order valence-electron chi connectivity index (χ0n) is 28.1. The normalized spacial score (nSPS) is 36.7. The molecule has 2 bridgehead atoms. The van der Waals surface area contributed by atoms with Gasteiger partial charge in [-0.25, -0.2) is 9.18 Å². The van der Waals surface area contributed by atoms with Crippen molar-refractivity contribution in [3.63, 3.8) is 0 Å². The van der Waals surface area contributed by atoms with E-state index in [-0.39, 0.29) is 31.5 Å². The van der Waals surface area contributed by atoms with Gasteiger partial charge >= 0.3 is 5.97 Å². The Balaban J connectivity index is 2.30. The van der Waals surface area contributed by atoms with E-state index in [0.717, 1.165) is 18.1 Å². The fourth-order valence-electron chi connectivity index (χ4n) is 6.51. The first-order valence-corrected chi connectivity index (χ1v) is 15.8. The average molecular weight is 628 g/mol. The number of halogens is 1. The van der Waals surface area contributed by atoms with Crippen LogP contribution < -0.4 is 5.32 Å². The molecule has 0 fully saturated rings. The smallest absolute Gasteiger partial charge is 0.351 e. The zero-order chi connectivity index (χ0) is 33.7. The van der Waals surface area contributed by atoms with Crippen molar-refractivity contribution in [2.75, 3.05) is 13.2 Å². The van der Waals surface area contributed by atoms with Gasteiger partial charge in [-0.15, -0.1) is 0 Å². The van der Waals surface area contributed by atoms with E-state index in [2.05, 4.69) is 5.32 Å². The summed E-state index contributed by atoms with van der Waals surface area (Å²) in [7, 11) is 0. The lowest BCUT2D eigenvalue weighted by Gasteiger charge is -2.43. The van der Waals surface area contributed by atoms with Crippen LogP contribution in [0.3, 0.4) is 0 Å².